The number of aliphatic hydroxyl groups excluding tert-OH is 2. The van der Waals surface area contributed by atoms with Crippen molar-refractivity contribution in [2.24, 2.45) is 0 Å². The number of fused-ring (bicyclic) bond motifs is 1. The minimum Gasteiger partial charge on any atom is -0.497 e. The lowest BCUT2D eigenvalue weighted by atomic mass is 10.1. The van der Waals surface area contributed by atoms with Gasteiger partial charge in [-0.3, -0.25) is 18.9 Å². The topological polar surface area (TPSA) is 171 Å². The van der Waals surface area contributed by atoms with Crippen molar-refractivity contribution in [2.45, 2.75) is 31.0 Å². The van der Waals surface area contributed by atoms with E-state index >= 15 is 0 Å². The van der Waals surface area contributed by atoms with Crippen LogP contribution in [-0.4, -0.2) is 61.1 Å². The van der Waals surface area contributed by atoms with Crippen LogP contribution in [0.3, 0.4) is 0 Å². The Labute approximate surface area is 152 Å². The van der Waals surface area contributed by atoms with Crippen LogP contribution >= 0.6 is 7.60 Å². The Morgan fingerprint density at radius 3 is 2.59 bits per heavy atom. The Bertz CT molecular complexity index is 1010. The van der Waals surface area contributed by atoms with Crippen LogP contribution in [0.5, 0.6) is 5.75 Å². The number of methoxy groups -OCH3 is 1. The third kappa shape index (κ3) is 3.84. The van der Waals surface area contributed by atoms with E-state index in [0.29, 0.717) is 5.75 Å². The van der Waals surface area contributed by atoms with Gasteiger partial charge in [0.1, 0.15) is 18.0 Å². The monoisotopic (exact) mass is 402 g/mol. The smallest absolute Gasteiger partial charge is 0.331 e. The number of rotatable bonds is 5. The molecule has 1 fully saturated rings. The van der Waals surface area contributed by atoms with Gasteiger partial charge in [0.05, 0.1) is 30.3 Å². The lowest BCUT2D eigenvalue weighted by molar-refractivity contribution is -0.0377. The largest absolute Gasteiger partial charge is 0.497 e. The first kappa shape index (κ1) is 19.7. The zero-order chi connectivity index (χ0) is 19.9. The molecule has 1 aliphatic rings. The summed E-state index contributed by atoms with van der Waals surface area (Å²) in [6, 6.07) is 4.37. The minimum atomic E-state index is -4.32. The molecule has 0 bridgehead atoms. The van der Waals surface area contributed by atoms with Gasteiger partial charge in [-0.2, -0.15) is 0 Å². The van der Waals surface area contributed by atoms with E-state index in [1.807, 2.05) is 0 Å². The van der Waals surface area contributed by atoms with Crippen molar-refractivity contribution in [3.05, 3.63) is 39.0 Å². The van der Waals surface area contributed by atoms with Crippen molar-refractivity contribution < 1.29 is 34.0 Å². The van der Waals surface area contributed by atoms with Crippen LogP contribution in [0.2, 0.25) is 0 Å². The highest BCUT2D eigenvalue weighted by molar-refractivity contribution is 7.51. The zero-order valence-electron chi connectivity index (χ0n) is 14.2. The number of aromatic nitrogens is 2. The molecule has 0 spiro atoms. The van der Waals surface area contributed by atoms with Crippen LogP contribution in [-0.2, 0) is 9.30 Å². The normalized spacial score (nSPS) is 25.8. The van der Waals surface area contributed by atoms with Gasteiger partial charge in [-0.05, 0) is 24.6 Å². The number of benzene rings is 1. The van der Waals surface area contributed by atoms with E-state index in [1.165, 1.54) is 25.3 Å². The Kier molecular flexibility index (Phi) is 5.26. The molecule has 3 rings (SSSR count). The summed E-state index contributed by atoms with van der Waals surface area (Å²) >= 11 is 0. The van der Waals surface area contributed by atoms with E-state index in [4.69, 9.17) is 19.3 Å². The van der Waals surface area contributed by atoms with Gasteiger partial charge in [-0.1, -0.05) is 0 Å². The van der Waals surface area contributed by atoms with Crippen LogP contribution in [0.4, 0.5) is 0 Å². The average molecular weight is 402 g/mol. The molecule has 0 saturated carbocycles. The van der Waals surface area contributed by atoms with E-state index in [9.17, 15) is 24.4 Å². The van der Waals surface area contributed by atoms with Crippen molar-refractivity contribution in [1.29, 1.82) is 0 Å². The molecule has 1 saturated heterocycles. The van der Waals surface area contributed by atoms with E-state index in [2.05, 4.69) is 4.98 Å². The second kappa shape index (κ2) is 7.19. The third-order valence-corrected chi connectivity index (χ3v) is 5.28. The molecule has 0 aliphatic carbocycles. The number of aromatic amines is 1. The number of hydrogen-bond acceptors (Lipinski definition) is 7. The number of ether oxygens (including phenoxy) is 2. The summed E-state index contributed by atoms with van der Waals surface area (Å²) in [5, 5.41) is 20.6. The van der Waals surface area contributed by atoms with E-state index in [0.717, 1.165) is 4.57 Å². The van der Waals surface area contributed by atoms with Gasteiger partial charge in [0.2, 0.25) is 0 Å². The maximum Gasteiger partial charge on any atom is 0.331 e. The van der Waals surface area contributed by atoms with Gasteiger partial charge in [0, 0.05) is 0 Å². The molecule has 1 aromatic heterocycles. The summed E-state index contributed by atoms with van der Waals surface area (Å²) in [4.78, 5) is 44.5. The molecule has 0 amide bonds. The number of nitrogens with one attached hydrogen (secondary N) is 1. The molecular formula is C15H19N2O9P. The van der Waals surface area contributed by atoms with Crippen LogP contribution in [0, 0.1) is 0 Å². The second-order valence-corrected chi connectivity index (χ2v) is 8.01. The number of hydrogen-bond donors (Lipinski definition) is 5. The molecule has 4 atom stereocenters. The van der Waals surface area contributed by atoms with Gasteiger partial charge in [0.25, 0.3) is 5.56 Å². The van der Waals surface area contributed by atoms with E-state index < -0.39 is 49.5 Å². The molecule has 11 nitrogen and oxygen atoms in total. The van der Waals surface area contributed by atoms with Gasteiger partial charge in [0.15, 0.2) is 6.23 Å². The Morgan fingerprint density at radius 2 is 1.96 bits per heavy atom. The van der Waals surface area contributed by atoms with E-state index in [-0.39, 0.29) is 17.3 Å². The second-order valence-electron chi connectivity index (χ2n) is 6.24. The highest BCUT2D eigenvalue weighted by Gasteiger charge is 2.45. The molecule has 0 radical (unpaired) electrons. The predicted octanol–water partition coefficient (Wildman–Crippen LogP) is -1.11. The molecule has 12 heteroatoms. The highest BCUT2D eigenvalue weighted by Crippen LogP contribution is 2.39. The third-order valence-electron chi connectivity index (χ3n) is 4.44. The summed E-state index contributed by atoms with van der Waals surface area (Å²) < 4.78 is 22.6. The lowest BCUT2D eigenvalue weighted by Gasteiger charge is -2.19. The number of nitrogens with zero attached hydrogens (tertiary/aromatic N) is 1. The molecule has 1 aliphatic heterocycles. The maximum atomic E-state index is 12.4. The van der Waals surface area contributed by atoms with E-state index in [1.54, 1.807) is 0 Å². The molecule has 2 heterocycles. The van der Waals surface area contributed by atoms with Crippen LogP contribution in [0.25, 0.3) is 10.9 Å². The molecule has 0 unspecified atom stereocenters. The average Bonchev–Trinajstić information content (AvgIpc) is 2.87. The first-order chi connectivity index (χ1) is 12.6. The fraction of sp³-hybridized carbons (Fsp3) is 0.467. The summed E-state index contributed by atoms with van der Waals surface area (Å²) in [5.41, 5.74) is -1.36. The number of aliphatic hydroxyl groups is 2. The Balaban J connectivity index is 2.03. The van der Waals surface area contributed by atoms with Crippen LogP contribution in [0.15, 0.2) is 27.8 Å². The van der Waals surface area contributed by atoms with Gasteiger partial charge in [-0.25, -0.2) is 4.79 Å². The zero-order valence-corrected chi connectivity index (χ0v) is 15.1. The molecule has 2 aromatic rings. The van der Waals surface area contributed by atoms with Crippen molar-refractivity contribution in [1.82, 2.24) is 9.55 Å². The van der Waals surface area contributed by atoms with Gasteiger partial charge >= 0.3 is 13.3 Å². The Hall–Kier alpha value is -2.01. The molecular weight excluding hydrogens is 383 g/mol. The lowest BCUT2D eigenvalue weighted by Crippen LogP contribution is -2.38. The van der Waals surface area contributed by atoms with Gasteiger partial charge in [-0.15, -0.1) is 0 Å². The van der Waals surface area contributed by atoms with Crippen molar-refractivity contribution in [3.8, 4) is 5.75 Å². The number of H-pyrrole nitrogens is 1. The first-order valence-corrected chi connectivity index (χ1v) is 9.81. The van der Waals surface area contributed by atoms with Crippen LogP contribution in [0.1, 0.15) is 12.6 Å². The summed E-state index contributed by atoms with van der Waals surface area (Å²) in [7, 11) is -2.91. The van der Waals surface area contributed by atoms with Crippen molar-refractivity contribution in [3.63, 3.8) is 0 Å². The van der Waals surface area contributed by atoms with Crippen molar-refractivity contribution in [2.75, 3.05) is 13.3 Å². The summed E-state index contributed by atoms with van der Waals surface area (Å²) in [6.07, 6.45) is -6.21. The fourth-order valence-electron chi connectivity index (χ4n) is 3.10. The summed E-state index contributed by atoms with van der Waals surface area (Å²) in [6.45, 7) is 0. The summed E-state index contributed by atoms with van der Waals surface area (Å²) in [5.74, 6) is 0.380. The molecule has 148 valence electrons. The SMILES string of the molecule is COc1ccc2c(c1)c(=O)[nH]c(=O)n2[C@@H]1O[C@H](CCP(=O)(O)O)[C@@H](O)[C@H]1O. The molecule has 5 N–H and O–H groups in total. The molecule has 1 aromatic carbocycles. The highest BCUT2D eigenvalue weighted by atomic mass is 31.2. The maximum absolute atomic E-state index is 12.4. The van der Waals surface area contributed by atoms with Crippen LogP contribution < -0.4 is 16.0 Å². The predicted molar refractivity (Wildman–Crippen MR) is 92.8 cm³/mol. The Morgan fingerprint density at radius 1 is 1.26 bits per heavy atom. The fourth-order valence-corrected chi connectivity index (χ4v) is 3.69. The van der Waals surface area contributed by atoms with Gasteiger partial charge < -0.3 is 29.5 Å². The molecule has 27 heavy (non-hydrogen) atoms. The standard InChI is InChI=1S/C15H19N2O9P/c1-25-7-2-3-9-8(6-7)13(20)16-15(21)17(9)14-12(19)11(18)10(26-14)4-5-27(22,23)24/h2-3,6,10-12,14,18-19H,4-5H2,1H3,(H,16,20,21)(H2,22,23,24)/t10-,11-,12-,14-/m1/s1. The van der Waals surface area contributed by atoms with Crippen molar-refractivity contribution >= 4 is 18.5 Å². The first-order valence-electron chi connectivity index (χ1n) is 8.01. The quantitative estimate of drug-likeness (QED) is 0.389. The minimum absolute atomic E-state index is 0.109.